The van der Waals surface area contributed by atoms with Crippen LogP contribution in [-0.4, -0.2) is 48.6 Å². The first kappa shape index (κ1) is 17.7. The van der Waals surface area contributed by atoms with Crippen molar-refractivity contribution >= 4 is 11.9 Å². The van der Waals surface area contributed by atoms with Crippen molar-refractivity contribution in [2.24, 2.45) is 0 Å². The van der Waals surface area contributed by atoms with Crippen LogP contribution in [-0.2, 0) is 6.42 Å². The summed E-state index contributed by atoms with van der Waals surface area (Å²) in [6.45, 7) is 2.16. The Morgan fingerprint density at radius 2 is 1.71 bits per heavy atom. The van der Waals surface area contributed by atoms with Crippen LogP contribution in [0.15, 0.2) is 54.6 Å². The van der Waals surface area contributed by atoms with Gasteiger partial charge in [-0.25, -0.2) is 4.79 Å². The van der Waals surface area contributed by atoms with Gasteiger partial charge in [0.15, 0.2) is 0 Å². The average molecular weight is 326 g/mol. The molecule has 2 aromatic rings. The van der Waals surface area contributed by atoms with E-state index in [1.54, 1.807) is 12.1 Å². The monoisotopic (exact) mass is 326 g/mol. The number of nitrogens with zero attached hydrogens (tertiary/aromatic N) is 1. The zero-order chi connectivity index (χ0) is 17.4. The summed E-state index contributed by atoms with van der Waals surface area (Å²) in [5, 5.41) is 11.8. The number of carbonyl (C=O) groups is 2. The molecule has 1 amide bonds. The third-order valence-corrected chi connectivity index (χ3v) is 3.78. The largest absolute Gasteiger partial charge is 0.478 e. The number of carbonyl (C=O) groups excluding carboxylic acids is 1. The molecule has 2 rings (SSSR count). The van der Waals surface area contributed by atoms with Crippen molar-refractivity contribution in [3.63, 3.8) is 0 Å². The van der Waals surface area contributed by atoms with Crippen molar-refractivity contribution in [3.05, 3.63) is 71.3 Å². The fourth-order valence-electron chi connectivity index (χ4n) is 2.33. The number of carboxylic acid groups (broad SMARTS) is 1. The van der Waals surface area contributed by atoms with Crippen LogP contribution in [0.1, 0.15) is 26.3 Å². The Kier molecular flexibility index (Phi) is 6.51. The maximum Gasteiger partial charge on any atom is 0.335 e. The quantitative estimate of drug-likeness (QED) is 0.781. The summed E-state index contributed by atoms with van der Waals surface area (Å²) in [5.41, 5.74) is 1.77. The van der Waals surface area contributed by atoms with Gasteiger partial charge in [-0.1, -0.05) is 36.4 Å². The van der Waals surface area contributed by atoms with E-state index in [-0.39, 0.29) is 11.5 Å². The van der Waals surface area contributed by atoms with E-state index < -0.39 is 5.97 Å². The lowest BCUT2D eigenvalue weighted by atomic mass is 10.1. The molecule has 0 aliphatic heterocycles. The molecular weight excluding hydrogens is 304 g/mol. The molecule has 0 heterocycles. The molecule has 126 valence electrons. The smallest absolute Gasteiger partial charge is 0.335 e. The fraction of sp³-hybridized carbons (Fsp3) is 0.263. The number of likely N-dealkylation sites (N-methyl/N-ethyl adjacent to an activating group) is 1. The van der Waals surface area contributed by atoms with Crippen LogP contribution in [0.2, 0.25) is 0 Å². The van der Waals surface area contributed by atoms with Crippen LogP contribution in [0.5, 0.6) is 0 Å². The number of rotatable bonds is 8. The molecule has 0 fully saturated rings. The molecule has 0 unspecified atom stereocenters. The number of benzene rings is 2. The third kappa shape index (κ3) is 5.52. The van der Waals surface area contributed by atoms with Crippen molar-refractivity contribution < 1.29 is 14.7 Å². The van der Waals surface area contributed by atoms with Gasteiger partial charge in [-0.3, -0.25) is 4.79 Å². The van der Waals surface area contributed by atoms with Gasteiger partial charge in [0.1, 0.15) is 0 Å². The highest BCUT2D eigenvalue weighted by Crippen LogP contribution is 2.05. The van der Waals surface area contributed by atoms with Gasteiger partial charge in [-0.2, -0.15) is 0 Å². The Balaban J connectivity index is 1.74. The molecule has 0 atom stereocenters. The minimum atomic E-state index is -1.04. The maximum absolute atomic E-state index is 12.1. The van der Waals surface area contributed by atoms with Gasteiger partial charge in [-0.05, 0) is 37.2 Å². The Labute approximate surface area is 141 Å². The molecule has 24 heavy (non-hydrogen) atoms. The molecule has 5 heteroatoms. The molecular formula is C19H22N2O3. The minimum absolute atomic E-state index is 0.114. The molecule has 0 aliphatic carbocycles. The van der Waals surface area contributed by atoms with Crippen LogP contribution in [0.4, 0.5) is 0 Å². The van der Waals surface area contributed by atoms with Crippen LogP contribution in [0.3, 0.4) is 0 Å². The number of aromatic carboxylic acids is 1. The predicted molar refractivity (Wildman–Crippen MR) is 93.4 cm³/mol. The lowest BCUT2D eigenvalue weighted by Crippen LogP contribution is -2.34. The second kappa shape index (κ2) is 8.84. The topological polar surface area (TPSA) is 69.6 Å². The van der Waals surface area contributed by atoms with E-state index in [1.165, 1.54) is 17.7 Å². The molecule has 0 radical (unpaired) electrons. The highest BCUT2D eigenvalue weighted by atomic mass is 16.4. The Morgan fingerprint density at radius 1 is 1.00 bits per heavy atom. The van der Waals surface area contributed by atoms with Gasteiger partial charge in [0.05, 0.1) is 5.56 Å². The highest BCUT2D eigenvalue weighted by Gasteiger charge is 2.09. The average Bonchev–Trinajstić information content (AvgIpc) is 2.61. The predicted octanol–water partition coefficient (Wildman–Crippen LogP) is 2.29. The number of nitrogens with one attached hydrogen (secondary N) is 1. The molecule has 5 nitrogen and oxygen atoms in total. The van der Waals surface area contributed by atoms with E-state index in [0.29, 0.717) is 12.1 Å². The third-order valence-electron chi connectivity index (χ3n) is 3.78. The van der Waals surface area contributed by atoms with Gasteiger partial charge in [0.25, 0.3) is 5.91 Å². The first-order valence-electron chi connectivity index (χ1n) is 7.90. The summed E-state index contributed by atoms with van der Waals surface area (Å²) < 4.78 is 0. The molecule has 0 saturated heterocycles. The minimum Gasteiger partial charge on any atom is -0.478 e. The molecule has 0 spiro atoms. The van der Waals surface area contributed by atoms with E-state index in [1.807, 2.05) is 25.2 Å². The first-order valence-corrected chi connectivity index (χ1v) is 7.90. The SMILES string of the molecule is CN(CCNC(=O)c1cccc(C(=O)O)c1)CCc1ccccc1. The van der Waals surface area contributed by atoms with Crippen molar-refractivity contribution in [1.82, 2.24) is 10.2 Å². The normalized spacial score (nSPS) is 10.6. The van der Waals surface area contributed by atoms with Gasteiger partial charge in [0.2, 0.25) is 0 Å². The van der Waals surface area contributed by atoms with E-state index in [0.717, 1.165) is 19.5 Å². The number of hydrogen-bond acceptors (Lipinski definition) is 3. The Hall–Kier alpha value is -2.66. The van der Waals surface area contributed by atoms with Crippen molar-refractivity contribution in [1.29, 1.82) is 0 Å². The van der Waals surface area contributed by atoms with Crippen molar-refractivity contribution in [2.75, 3.05) is 26.7 Å². The van der Waals surface area contributed by atoms with Gasteiger partial charge in [-0.15, -0.1) is 0 Å². The van der Waals surface area contributed by atoms with Gasteiger partial charge in [0, 0.05) is 25.2 Å². The zero-order valence-corrected chi connectivity index (χ0v) is 13.7. The molecule has 2 N–H and O–H groups in total. The summed E-state index contributed by atoms with van der Waals surface area (Å²) >= 11 is 0. The summed E-state index contributed by atoms with van der Waals surface area (Å²) in [4.78, 5) is 25.1. The lowest BCUT2D eigenvalue weighted by Gasteiger charge is -2.17. The van der Waals surface area contributed by atoms with E-state index >= 15 is 0 Å². The van der Waals surface area contributed by atoms with Crippen LogP contribution in [0, 0.1) is 0 Å². The lowest BCUT2D eigenvalue weighted by molar-refractivity contribution is 0.0697. The Morgan fingerprint density at radius 3 is 2.42 bits per heavy atom. The fourth-order valence-corrected chi connectivity index (χ4v) is 2.33. The molecule has 0 saturated carbocycles. The standard InChI is InChI=1S/C19H22N2O3/c1-21(12-10-15-6-3-2-4-7-15)13-11-20-18(22)16-8-5-9-17(14-16)19(23)24/h2-9,14H,10-13H2,1H3,(H,20,22)(H,23,24). The number of hydrogen-bond donors (Lipinski definition) is 2. The van der Waals surface area contributed by atoms with E-state index in [9.17, 15) is 9.59 Å². The van der Waals surface area contributed by atoms with E-state index in [4.69, 9.17) is 5.11 Å². The van der Waals surface area contributed by atoms with Gasteiger partial charge >= 0.3 is 5.97 Å². The summed E-state index contributed by atoms with van der Waals surface area (Å²) in [6.07, 6.45) is 0.964. The van der Waals surface area contributed by atoms with Gasteiger partial charge < -0.3 is 15.3 Å². The van der Waals surface area contributed by atoms with Crippen molar-refractivity contribution in [2.45, 2.75) is 6.42 Å². The molecule has 0 bridgehead atoms. The Bertz CT molecular complexity index is 686. The van der Waals surface area contributed by atoms with Crippen molar-refractivity contribution in [3.8, 4) is 0 Å². The first-order chi connectivity index (χ1) is 11.6. The van der Waals surface area contributed by atoms with Crippen LogP contribution >= 0.6 is 0 Å². The molecule has 2 aromatic carbocycles. The summed E-state index contributed by atoms with van der Waals surface area (Å²) in [7, 11) is 2.01. The highest BCUT2D eigenvalue weighted by molar-refractivity contribution is 5.97. The second-order valence-corrected chi connectivity index (χ2v) is 5.68. The van der Waals surface area contributed by atoms with E-state index in [2.05, 4.69) is 22.3 Å². The van der Waals surface area contributed by atoms with Crippen LogP contribution < -0.4 is 5.32 Å². The number of carboxylic acids is 1. The molecule has 0 aliphatic rings. The second-order valence-electron chi connectivity index (χ2n) is 5.68. The maximum atomic E-state index is 12.1. The summed E-state index contributed by atoms with van der Waals surface area (Å²) in [6, 6.07) is 16.3. The zero-order valence-electron chi connectivity index (χ0n) is 13.7. The summed E-state index contributed by atoms with van der Waals surface area (Å²) in [5.74, 6) is -1.29. The number of amides is 1. The van der Waals surface area contributed by atoms with Crippen LogP contribution in [0.25, 0.3) is 0 Å². The molecule has 0 aromatic heterocycles.